The van der Waals surface area contributed by atoms with Crippen molar-refractivity contribution in [3.8, 4) is 47.7 Å². The van der Waals surface area contributed by atoms with Gasteiger partial charge in [0.1, 0.15) is 35.9 Å². The number of carbonyl (C=O) groups is 2. The van der Waals surface area contributed by atoms with Crippen molar-refractivity contribution in [1.82, 2.24) is 19.9 Å². The van der Waals surface area contributed by atoms with Crippen molar-refractivity contribution in [2.75, 3.05) is 44.7 Å². The SMILES string of the molecule is C#Cc1cc(Nc2ncnc3cc(OC)c(OCCC(=O)O)cc23)ccc1F.C#Cc1cc(Nc2ncnc3cc(OC)c(OCCC(=O)OCC)cc23)ccc1F. The Balaban J connectivity index is 0.000000221. The topological polar surface area (TPSA) is 176 Å². The Hall–Kier alpha value is -7.72. The Morgan fingerprint density at radius 1 is 0.690 bits per heavy atom. The van der Waals surface area contributed by atoms with Crippen LogP contribution in [-0.4, -0.2) is 71.0 Å². The molecule has 4 aromatic carbocycles. The highest BCUT2D eigenvalue weighted by Crippen LogP contribution is 2.36. The number of esters is 1. The number of aromatic nitrogens is 4. The largest absolute Gasteiger partial charge is 0.493 e. The highest BCUT2D eigenvalue weighted by molar-refractivity contribution is 5.94. The second kappa shape index (κ2) is 19.7. The smallest absolute Gasteiger partial charge is 0.309 e. The van der Waals surface area contributed by atoms with Crippen LogP contribution in [-0.2, 0) is 14.3 Å². The standard InChI is InChI=1S/C22H20FN3O4.C20H16FN3O4/c1-4-14-10-15(6-7-17(14)23)26-22-16-11-20(30-9-8-21(27)29-5-2)19(28-3)12-18(16)24-13-25-22;1-3-12-8-13(4-5-15(12)21)24-20-14-9-18(28-7-6-19(25)26)17(27-2)10-16(14)22-11-23-20/h1,6-7,10-13H,5,8-9H2,2-3H3,(H,24,25,26);1,4-5,8-11H,6-7H2,2H3,(H,25,26)(H,22,23,24). The number of ether oxygens (including phenoxy) is 5. The number of carboxylic acids is 1. The van der Waals surface area contributed by atoms with Crippen LogP contribution in [0.4, 0.5) is 31.8 Å². The van der Waals surface area contributed by atoms with Gasteiger partial charge >= 0.3 is 11.9 Å². The van der Waals surface area contributed by atoms with Gasteiger partial charge in [-0.3, -0.25) is 9.59 Å². The Labute approximate surface area is 331 Å². The zero-order valence-electron chi connectivity index (χ0n) is 31.5. The molecule has 16 heteroatoms. The number of hydrogen-bond donors (Lipinski definition) is 3. The van der Waals surface area contributed by atoms with E-state index in [9.17, 15) is 18.4 Å². The molecule has 0 atom stereocenters. The maximum Gasteiger partial charge on any atom is 0.309 e. The lowest BCUT2D eigenvalue weighted by atomic mass is 10.1. The van der Waals surface area contributed by atoms with E-state index in [0.29, 0.717) is 74.4 Å². The molecule has 0 amide bonds. The maximum atomic E-state index is 13.7. The lowest BCUT2D eigenvalue weighted by Crippen LogP contribution is -2.10. The van der Waals surface area contributed by atoms with Gasteiger partial charge in [-0.1, -0.05) is 11.8 Å². The van der Waals surface area contributed by atoms with Crippen LogP contribution in [0.15, 0.2) is 73.3 Å². The summed E-state index contributed by atoms with van der Waals surface area (Å²) in [5, 5.41) is 16.2. The van der Waals surface area contributed by atoms with Gasteiger partial charge in [0.05, 0.1) is 69.0 Å². The second-order valence-corrected chi connectivity index (χ2v) is 11.8. The molecule has 0 saturated carbocycles. The second-order valence-electron chi connectivity index (χ2n) is 11.8. The first-order valence-electron chi connectivity index (χ1n) is 17.4. The van der Waals surface area contributed by atoms with E-state index in [1.165, 1.54) is 57.2 Å². The molecule has 0 aliphatic carbocycles. The van der Waals surface area contributed by atoms with Gasteiger partial charge in [-0.15, -0.1) is 12.8 Å². The molecule has 0 aliphatic rings. The molecule has 58 heavy (non-hydrogen) atoms. The number of aliphatic carboxylic acids is 1. The summed E-state index contributed by atoms with van der Waals surface area (Å²) in [7, 11) is 2.99. The van der Waals surface area contributed by atoms with Crippen LogP contribution in [0.3, 0.4) is 0 Å². The fraction of sp³-hybridized carbons (Fsp3) is 0.190. The Morgan fingerprint density at radius 3 is 1.57 bits per heavy atom. The zero-order valence-corrected chi connectivity index (χ0v) is 31.5. The molecule has 2 heterocycles. The summed E-state index contributed by atoms with van der Waals surface area (Å²) in [5.41, 5.74) is 2.59. The van der Waals surface area contributed by atoms with Gasteiger partial charge in [0, 0.05) is 34.3 Å². The van der Waals surface area contributed by atoms with Gasteiger partial charge in [0.2, 0.25) is 0 Å². The van der Waals surface area contributed by atoms with E-state index >= 15 is 0 Å². The predicted octanol–water partition coefficient (Wildman–Crippen LogP) is 7.19. The molecule has 296 valence electrons. The molecule has 6 rings (SSSR count). The van der Waals surface area contributed by atoms with E-state index in [2.05, 4.69) is 42.4 Å². The minimum absolute atomic E-state index is 0.0167. The normalized spacial score (nSPS) is 10.3. The predicted molar refractivity (Wildman–Crippen MR) is 212 cm³/mol. The summed E-state index contributed by atoms with van der Waals surface area (Å²) in [6.45, 7) is 2.17. The van der Waals surface area contributed by atoms with E-state index in [-0.39, 0.29) is 43.2 Å². The maximum absolute atomic E-state index is 13.7. The first-order chi connectivity index (χ1) is 28.1. The molecule has 3 N–H and O–H groups in total. The number of hydrogen-bond acceptors (Lipinski definition) is 13. The number of halogens is 2. The summed E-state index contributed by atoms with van der Waals surface area (Å²) in [5.74, 6) is 4.91. The van der Waals surface area contributed by atoms with Crippen LogP contribution in [0.1, 0.15) is 30.9 Å². The number of methoxy groups -OCH3 is 2. The Bertz CT molecular complexity index is 2540. The molecule has 0 saturated heterocycles. The molecule has 2 aromatic heterocycles. The molecule has 0 spiro atoms. The molecular formula is C42H36F2N6O8. The van der Waals surface area contributed by atoms with Crippen molar-refractivity contribution in [3.05, 3.63) is 96.1 Å². The van der Waals surface area contributed by atoms with Crippen LogP contribution in [0.25, 0.3) is 21.8 Å². The highest BCUT2D eigenvalue weighted by atomic mass is 19.1. The van der Waals surface area contributed by atoms with E-state index in [0.717, 1.165) is 0 Å². The Kier molecular flexibility index (Phi) is 14.1. The summed E-state index contributed by atoms with van der Waals surface area (Å²) < 4.78 is 54.1. The number of carboxylic acid groups (broad SMARTS) is 1. The van der Waals surface area contributed by atoms with Gasteiger partial charge < -0.3 is 39.4 Å². The minimum atomic E-state index is -0.967. The van der Waals surface area contributed by atoms with Crippen molar-refractivity contribution >= 4 is 56.8 Å². The summed E-state index contributed by atoms with van der Waals surface area (Å²) in [6, 6.07) is 15.4. The summed E-state index contributed by atoms with van der Waals surface area (Å²) in [4.78, 5) is 39.2. The minimum Gasteiger partial charge on any atom is -0.493 e. The van der Waals surface area contributed by atoms with Gasteiger partial charge in [0.15, 0.2) is 23.0 Å². The van der Waals surface area contributed by atoms with Crippen molar-refractivity contribution in [1.29, 1.82) is 0 Å². The van der Waals surface area contributed by atoms with E-state index in [1.54, 1.807) is 37.3 Å². The van der Waals surface area contributed by atoms with E-state index in [4.69, 9.17) is 41.6 Å². The van der Waals surface area contributed by atoms with Crippen molar-refractivity contribution < 1.29 is 47.2 Å². The number of anilines is 4. The number of carbonyl (C=O) groups excluding carboxylic acids is 1. The molecule has 14 nitrogen and oxygen atoms in total. The highest BCUT2D eigenvalue weighted by Gasteiger charge is 2.15. The molecule has 0 unspecified atom stereocenters. The van der Waals surface area contributed by atoms with Crippen LogP contribution >= 0.6 is 0 Å². The van der Waals surface area contributed by atoms with Crippen molar-refractivity contribution in [3.63, 3.8) is 0 Å². The monoisotopic (exact) mass is 790 g/mol. The Morgan fingerprint density at radius 2 is 1.16 bits per heavy atom. The number of rotatable bonds is 15. The number of benzene rings is 4. The van der Waals surface area contributed by atoms with Crippen LogP contribution < -0.4 is 29.6 Å². The lowest BCUT2D eigenvalue weighted by molar-refractivity contribution is -0.143. The average molecular weight is 791 g/mol. The molecule has 0 bridgehead atoms. The quantitative estimate of drug-likeness (QED) is 0.0704. The summed E-state index contributed by atoms with van der Waals surface area (Å²) in [6.07, 6.45) is 13.4. The molecule has 6 aromatic rings. The fourth-order valence-corrected chi connectivity index (χ4v) is 5.30. The van der Waals surface area contributed by atoms with E-state index < -0.39 is 17.6 Å². The first kappa shape index (κ1) is 41.4. The number of terminal acetylenes is 2. The van der Waals surface area contributed by atoms with Crippen LogP contribution in [0.2, 0.25) is 0 Å². The third-order valence-electron chi connectivity index (χ3n) is 8.05. The van der Waals surface area contributed by atoms with Gasteiger partial charge in [-0.25, -0.2) is 28.7 Å². The van der Waals surface area contributed by atoms with Crippen LogP contribution in [0.5, 0.6) is 23.0 Å². The van der Waals surface area contributed by atoms with Gasteiger partial charge in [-0.05, 0) is 55.5 Å². The van der Waals surface area contributed by atoms with Crippen molar-refractivity contribution in [2.45, 2.75) is 19.8 Å². The van der Waals surface area contributed by atoms with Gasteiger partial charge in [-0.2, -0.15) is 0 Å². The first-order valence-corrected chi connectivity index (χ1v) is 17.4. The number of fused-ring (bicyclic) bond motifs is 2. The summed E-state index contributed by atoms with van der Waals surface area (Å²) >= 11 is 0. The third-order valence-corrected chi connectivity index (χ3v) is 8.05. The van der Waals surface area contributed by atoms with Crippen molar-refractivity contribution in [2.24, 2.45) is 0 Å². The number of nitrogens with one attached hydrogen (secondary N) is 2. The van der Waals surface area contributed by atoms with E-state index in [1.807, 2.05) is 0 Å². The third kappa shape index (κ3) is 10.5. The molecule has 0 fully saturated rings. The lowest BCUT2D eigenvalue weighted by Gasteiger charge is -2.14. The fourth-order valence-electron chi connectivity index (χ4n) is 5.30. The van der Waals surface area contributed by atoms with Crippen LogP contribution in [0, 0.1) is 36.3 Å². The zero-order chi connectivity index (χ0) is 41.6. The number of nitrogens with zero attached hydrogens (tertiary/aromatic N) is 4. The average Bonchev–Trinajstić information content (AvgIpc) is 3.22. The molecule has 0 aliphatic heterocycles. The molecular weight excluding hydrogens is 754 g/mol. The van der Waals surface area contributed by atoms with Gasteiger partial charge in [0.25, 0.3) is 0 Å². The molecule has 0 radical (unpaired) electrons.